The van der Waals surface area contributed by atoms with Crippen molar-refractivity contribution < 1.29 is 0 Å². The first-order valence-electron chi connectivity index (χ1n) is 25.3. The zero-order chi connectivity index (χ0) is 48.4. The number of hydrogen-bond donors (Lipinski definition) is 0. The molecule has 4 aromatic carbocycles. The van der Waals surface area contributed by atoms with E-state index in [-0.39, 0.29) is 50.0 Å². The summed E-state index contributed by atoms with van der Waals surface area (Å²) < 4.78 is 0. The third kappa shape index (κ3) is 7.29. The van der Waals surface area contributed by atoms with Gasteiger partial charge in [-0.3, -0.25) is 9.80 Å². The van der Waals surface area contributed by atoms with Gasteiger partial charge < -0.3 is 0 Å². The number of aromatic nitrogens is 2. The van der Waals surface area contributed by atoms with Crippen LogP contribution in [0.2, 0.25) is 0 Å². The van der Waals surface area contributed by atoms with Crippen LogP contribution in [0, 0.1) is 6.92 Å². The van der Waals surface area contributed by atoms with E-state index in [1.807, 2.05) is 0 Å². The van der Waals surface area contributed by atoms with Crippen LogP contribution in [0.3, 0.4) is 0 Å². The number of anilines is 6. The van der Waals surface area contributed by atoms with Crippen molar-refractivity contribution >= 4 is 57.5 Å². The van der Waals surface area contributed by atoms with Gasteiger partial charge in [0, 0.05) is 28.2 Å². The molecule has 0 unspecified atom stereocenters. The Bertz CT molecular complexity index is 2570. The van der Waals surface area contributed by atoms with Crippen LogP contribution in [0.15, 0.2) is 60.7 Å². The second-order valence-electron chi connectivity index (χ2n) is 27.9. The number of fused-ring (bicyclic) bond motifs is 8. The Labute approximate surface area is 400 Å². The molecule has 2 aliphatic carbocycles. The standard InChI is InChI=1S/C61H81BN4/c1-36-63-52-49-53(64-36)66(42-34-39(56(8,9)10)31-40(35-42)57(11,12)13)51-46(25-23-44-48(51)61(20,21)29-27-59(44,16)17)62(49)45-24-22-43-47(60(18,19)28-26-58(43,14)15)50(45)65(52)41-32-37(54(2,3)4)30-38(33-41)55(5,6)7/h22-25,30-35H,26-29H2,1-21H3. The molecular weight excluding hydrogens is 800 g/mol. The highest BCUT2D eigenvalue weighted by atomic mass is 15.3. The first-order valence-corrected chi connectivity index (χ1v) is 25.3. The zero-order valence-electron chi connectivity index (χ0n) is 45.0. The Hall–Kier alpha value is -4.38. The largest absolute Gasteiger partial charge is 0.295 e. The SMILES string of the molecule is Cc1nc2c3c(n1)N(c1cc(C(C)(C)C)cc(C(C)(C)C)c1)c1c(ccc4c1C(C)(C)CCC4(C)C)B3c1ccc3c(c1N2c1cc(C(C)(C)C)cc(C(C)(C)C)c1)C(C)(C)CCC3(C)C. The molecule has 1 aromatic heterocycles. The van der Waals surface area contributed by atoms with Gasteiger partial charge in [0.25, 0.3) is 6.71 Å². The normalized spacial score (nSPS) is 19.1. The first kappa shape index (κ1) is 46.7. The van der Waals surface area contributed by atoms with Gasteiger partial charge in [-0.25, -0.2) is 9.97 Å². The number of nitrogens with zero attached hydrogens (tertiary/aromatic N) is 4. The highest BCUT2D eigenvalue weighted by molar-refractivity contribution is 7.00. The van der Waals surface area contributed by atoms with E-state index in [9.17, 15) is 0 Å². The highest BCUT2D eigenvalue weighted by Gasteiger charge is 2.52. The second kappa shape index (κ2) is 14.3. The minimum absolute atomic E-state index is 0.0290. The zero-order valence-corrected chi connectivity index (χ0v) is 45.0. The smallest absolute Gasteiger partial charge is 0.256 e. The Morgan fingerprint density at radius 1 is 0.439 bits per heavy atom. The van der Waals surface area contributed by atoms with Crippen LogP contribution < -0.4 is 26.2 Å². The van der Waals surface area contributed by atoms with Crippen molar-refractivity contribution in [3.63, 3.8) is 0 Å². The van der Waals surface area contributed by atoms with Crippen molar-refractivity contribution in [2.75, 3.05) is 9.80 Å². The van der Waals surface area contributed by atoms with Gasteiger partial charge in [-0.1, -0.05) is 175 Å². The van der Waals surface area contributed by atoms with Crippen LogP contribution in [0.4, 0.5) is 34.4 Å². The van der Waals surface area contributed by atoms with E-state index in [1.165, 1.54) is 83.6 Å². The molecule has 0 fully saturated rings. The summed E-state index contributed by atoms with van der Waals surface area (Å²) in [4.78, 5) is 16.7. The van der Waals surface area contributed by atoms with Gasteiger partial charge in [0.05, 0.1) is 0 Å². The van der Waals surface area contributed by atoms with Gasteiger partial charge in [0.1, 0.15) is 17.5 Å². The Morgan fingerprint density at radius 3 is 1.05 bits per heavy atom. The van der Waals surface area contributed by atoms with E-state index in [1.54, 1.807) is 0 Å². The molecule has 5 heteroatoms. The van der Waals surface area contributed by atoms with Gasteiger partial charge >= 0.3 is 0 Å². The maximum Gasteiger partial charge on any atom is 0.256 e. The van der Waals surface area contributed by atoms with E-state index in [0.29, 0.717) is 0 Å². The summed E-state index contributed by atoms with van der Waals surface area (Å²) in [5.41, 5.74) is 19.9. The average molecular weight is 881 g/mol. The Morgan fingerprint density at radius 2 is 0.742 bits per heavy atom. The highest BCUT2D eigenvalue weighted by Crippen LogP contribution is 2.56. The summed E-state index contributed by atoms with van der Waals surface area (Å²) in [6.07, 6.45) is 4.56. The molecule has 4 nitrogen and oxygen atoms in total. The van der Waals surface area contributed by atoms with Crippen molar-refractivity contribution in [2.24, 2.45) is 0 Å². The van der Waals surface area contributed by atoms with Gasteiger partial charge in [0.2, 0.25) is 0 Å². The molecule has 0 atom stereocenters. The molecule has 0 radical (unpaired) electrons. The van der Waals surface area contributed by atoms with Crippen molar-refractivity contribution in [1.82, 2.24) is 9.97 Å². The molecule has 0 spiro atoms. The number of hydrogen-bond acceptors (Lipinski definition) is 4. The Balaban J connectivity index is 1.50. The number of aryl methyl sites for hydroxylation is 1. The van der Waals surface area contributed by atoms with Gasteiger partial charge in [0.15, 0.2) is 0 Å². The van der Waals surface area contributed by atoms with Crippen LogP contribution in [-0.2, 0) is 43.3 Å². The van der Waals surface area contributed by atoms with Crippen molar-refractivity contribution in [3.8, 4) is 0 Å². The van der Waals surface area contributed by atoms with Gasteiger partial charge in [-0.2, -0.15) is 0 Å². The summed E-state index contributed by atoms with van der Waals surface area (Å²) in [5, 5.41) is 0. The molecular formula is C61H81BN4. The van der Waals surface area contributed by atoms with E-state index in [4.69, 9.17) is 9.97 Å². The lowest BCUT2D eigenvalue weighted by molar-refractivity contribution is 0.332. The summed E-state index contributed by atoms with van der Waals surface area (Å²) in [6, 6.07) is 25.0. The molecule has 0 saturated carbocycles. The minimum Gasteiger partial charge on any atom is -0.295 e. The first-order chi connectivity index (χ1) is 30.1. The maximum absolute atomic E-state index is 5.72. The summed E-state index contributed by atoms with van der Waals surface area (Å²) in [7, 11) is 0. The van der Waals surface area contributed by atoms with Crippen LogP contribution >= 0.6 is 0 Å². The lowest BCUT2D eigenvalue weighted by Gasteiger charge is -2.50. The molecule has 66 heavy (non-hydrogen) atoms. The van der Waals surface area contributed by atoms with E-state index in [2.05, 4.69) is 216 Å². The quantitative estimate of drug-likeness (QED) is 0.162. The summed E-state index contributed by atoms with van der Waals surface area (Å²) in [5.74, 6) is 2.83. The molecule has 9 rings (SSSR count). The number of rotatable bonds is 2. The predicted octanol–water partition coefficient (Wildman–Crippen LogP) is 14.8. The molecule has 5 aromatic rings. The van der Waals surface area contributed by atoms with Crippen LogP contribution in [0.5, 0.6) is 0 Å². The van der Waals surface area contributed by atoms with E-state index < -0.39 is 0 Å². The molecule has 2 aliphatic heterocycles. The third-order valence-corrected chi connectivity index (χ3v) is 16.6. The lowest BCUT2D eigenvalue weighted by atomic mass is 9.33. The lowest BCUT2D eigenvalue weighted by Crippen LogP contribution is -2.63. The second-order valence-corrected chi connectivity index (χ2v) is 27.9. The molecule has 0 amide bonds. The van der Waals surface area contributed by atoms with Gasteiger partial charge in [-0.05, 0) is 156 Å². The molecule has 4 aliphatic rings. The minimum atomic E-state index is -0.0638. The molecule has 0 N–H and O–H groups in total. The van der Waals surface area contributed by atoms with Crippen molar-refractivity contribution in [1.29, 1.82) is 0 Å². The van der Waals surface area contributed by atoms with Crippen LogP contribution in [0.1, 0.15) is 214 Å². The van der Waals surface area contributed by atoms with Crippen molar-refractivity contribution in [2.45, 2.75) is 214 Å². The topological polar surface area (TPSA) is 32.3 Å². The Kier molecular flexibility index (Phi) is 10.1. The number of benzene rings is 4. The average Bonchev–Trinajstić information content (AvgIpc) is 3.18. The summed E-state index contributed by atoms with van der Waals surface area (Å²) >= 11 is 0. The van der Waals surface area contributed by atoms with Gasteiger partial charge in [-0.15, -0.1) is 0 Å². The fourth-order valence-electron chi connectivity index (χ4n) is 12.0. The fraction of sp³-hybridized carbons (Fsp3) is 0.541. The maximum atomic E-state index is 5.72. The third-order valence-electron chi connectivity index (χ3n) is 16.6. The molecule has 348 valence electrons. The van der Waals surface area contributed by atoms with Crippen LogP contribution in [-0.4, -0.2) is 16.7 Å². The van der Waals surface area contributed by atoms with E-state index >= 15 is 0 Å². The summed E-state index contributed by atoms with van der Waals surface area (Å²) in [6.45, 7) is 50.3. The van der Waals surface area contributed by atoms with E-state index in [0.717, 1.165) is 43.1 Å². The monoisotopic (exact) mass is 881 g/mol. The molecule has 0 saturated heterocycles. The predicted molar refractivity (Wildman–Crippen MR) is 286 cm³/mol. The van der Waals surface area contributed by atoms with Crippen LogP contribution in [0.25, 0.3) is 0 Å². The van der Waals surface area contributed by atoms with Crippen molar-refractivity contribution in [3.05, 3.63) is 111 Å². The molecule has 0 bridgehead atoms. The fourth-order valence-corrected chi connectivity index (χ4v) is 12.0. The molecule has 3 heterocycles.